The molecule has 2 atom stereocenters. The third kappa shape index (κ3) is 3.10. The van der Waals surface area contributed by atoms with E-state index in [1.807, 2.05) is 6.07 Å². The molecule has 1 saturated heterocycles. The number of benzene rings is 1. The third-order valence-electron chi connectivity index (χ3n) is 4.21. The fraction of sp³-hybridized carbons (Fsp3) is 0.533. The molecule has 114 valence electrons. The minimum absolute atomic E-state index is 0.0842. The summed E-state index contributed by atoms with van der Waals surface area (Å²) in [5.74, 6) is 0.524. The Kier molecular flexibility index (Phi) is 4.99. The number of nitriles is 1. The van der Waals surface area contributed by atoms with Gasteiger partial charge in [-0.3, -0.25) is 0 Å². The van der Waals surface area contributed by atoms with Crippen molar-refractivity contribution in [2.45, 2.75) is 37.1 Å². The lowest BCUT2D eigenvalue weighted by Crippen LogP contribution is -2.49. The molecule has 1 heterocycles. The van der Waals surface area contributed by atoms with Gasteiger partial charge in [-0.25, -0.2) is 8.42 Å². The summed E-state index contributed by atoms with van der Waals surface area (Å²) in [5, 5.41) is 9.13. The number of nitrogens with zero attached hydrogens (tertiary/aromatic N) is 2. The van der Waals surface area contributed by atoms with Gasteiger partial charge in [-0.15, -0.1) is 0 Å². The molecule has 5 nitrogen and oxygen atoms in total. The first-order valence-electron chi connectivity index (χ1n) is 7.25. The van der Waals surface area contributed by atoms with Crippen LogP contribution in [0.4, 0.5) is 0 Å². The Labute approximate surface area is 126 Å². The molecule has 2 N–H and O–H groups in total. The summed E-state index contributed by atoms with van der Waals surface area (Å²) >= 11 is 0. The number of rotatable bonds is 4. The van der Waals surface area contributed by atoms with Crippen LogP contribution in [-0.4, -0.2) is 31.9 Å². The van der Waals surface area contributed by atoms with Crippen molar-refractivity contribution in [2.75, 3.05) is 13.1 Å². The van der Waals surface area contributed by atoms with E-state index in [4.69, 9.17) is 11.0 Å². The van der Waals surface area contributed by atoms with E-state index in [1.54, 1.807) is 12.1 Å². The second-order valence-electron chi connectivity index (χ2n) is 5.41. The molecule has 21 heavy (non-hydrogen) atoms. The first-order chi connectivity index (χ1) is 10.0. The molecule has 1 aliphatic rings. The zero-order valence-electron chi connectivity index (χ0n) is 12.2. The average Bonchev–Trinajstić information content (AvgIpc) is 2.53. The van der Waals surface area contributed by atoms with Gasteiger partial charge in [-0.1, -0.05) is 25.5 Å². The predicted molar refractivity (Wildman–Crippen MR) is 80.9 cm³/mol. The molecule has 1 aromatic carbocycles. The summed E-state index contributed by atoms with van der Waals surface area (Å²) in [4.78, 5) is 0.0842. The van der Waals surface area contributed by atoms with Crippen LogP contribution < -0.4 is 5.73 Å². The molecule has 0 spiro atoms. The number of sulfonamides is 1. The molecule has 0 aliphatic carbocycles. The van der Waals surface area contributed by atoms with E-state index in [0.29, 0.717) is 19.0 Å². The number of hydrogen-bond donors (Lipinski definition) is 1. The normalized spacial score (nSPS) is 23.7. The molecular formula is C15H21N3O2S. The minimum atomic E-state index is -3.67. The van der Waals surface area contributed by atoms with E-state index in [1.165, 1.54) is 16.4 Å². The second kappa shape index (κ2) is 6.56. The second-order valence-corrected chi connectivity index (χ2v) is 7.27. The summed E-state index contributed by atoms with van der Waals surface area (Å²) in [7, 11) is -3.67. The lowest BCUT2D eigenvalue weighted by Gasteiger charge is -2.37. The Morgan fingerprint density at radius 2 is 2.14 bits per heavy atom. The average molecular weight is 307 g/mol. The van der Waals surface area contributed by atoms with Crippen LogP contribution in [0.3, 0.4) is 0 Å². The molecule has 6 heteroatoms. The van der Waals surface area contributed by atoms with E-state index in [2.05, 4.69) is 6.92 Å². The summed E-state index contributed by atoms with van der Waals surface area (Å²) in [6.07, 6.45) is 2.68. The first kappa shape index (κ1) is 16.0. The van der Waals surface area contributed by atoms with E-state index >= 15 is 0 Å². The Morgan fingerprint density at radius 1 is 1.43 bits per heavy atom. The van der Waals surface area contributed by atoms with Gasteiger partial charge in [0.25, 0.3) is 0 Å². The van der Waals surface area contributed by atoms with Crippen LogP contribution in [0.25, 0.3) is 0 Å². The van der Waals surface area contributed by atoms with Gasteiger partial charge >= 0.3 is 0 Å². The molecule has 1 aromatic rings. The highest BCUT2D eigenvalue weighted by Gasteiger charge is 2.36. The van der Waals surface area contributed by atoms with Crippen molar-refractivity contribution in [3.05, 3.63) is 29.8 Å². The van der Waals surface area contributed by atoms with Crippen molar-refractivity contribution in [1.29, 1.82) is 5.26 Å². The van der Waals surface area contributed by atoms with Gasteiger partial charge in [-0.05, 0) is 30.9 Å². The smallest absolute Gasteiger partial charge is 0.244 e. The molecule has 1 fully saturated rings. The molecule has 0 saturated carbocycles. The Hall–Kier alpha value is -1.42. The topological polar surface area (TPSA) is 87.2 Å². The van der Waals surface area contributed by atoms with Crippen molar-refractivity contribution in [2.24, 2.45) is 11.7 Å². The van der Waals surface area contributed by atoms with Gasteiger partial charge in [0.15, 0.2) is 0 Å². The van der Waals surface area contributed by atoms with Crippen LogP contribution >= 0.6 is 0 Å². The summed E-state index contributed by atoms with van der Waals surface area (Å²) < 4.78 is 27.2. The summed E-state index contributed by atoms with van der Waals surface area (Å²) in [5.41, 5.74) is 5.97. The Bertz CT molecular complexity index is 637. The molecular weight excluding hydrogens is 286 g/mol. The monoisotopic (exact) mass is 307 g/mol. The van der Waals surface area contributed by atoms with Gasteiger partial charge in [0.2, 0.25) is 10.0 Å². The zero-order valence-corrected chi connectivity index (χ0v) is 13.0. The highest BCUT2D eigenvalue weighted by atomic mass is 32.2. The maximum atomic E-state index is 12.9. The molecule has 0 bridgehead atoms. The highest BCUT2D eigenvalue weighted by Crippen LogP contribution is 2.30. The molecule has 2 unspecified atom stereocenters. The number of hydrogen-bond acceptors (Lipinski definition) is 4. The fourth-order valence-electron chi connectivity index (χ4n) is 2.92. The molecule has 2 rings (SSSR count). The zero-order chi connectivity index (χ0) is 15.5. The standard InChI is InChI=1S/C15H21N3O2S/c1-2-12-7-8-18(14(9-12)11-17)21(19,20)15-6-4-3-5-13(15)10-16/h3-6,12,14H,2,7-9,11,17H2,1H3. The van der Waals surface area contributed by atoms with Crippen molar-refractivity contribution in [1.82, 2.24) is 4.31 Å². The van der Waals surface area contributed by atoms with Crippen molar-refractivity contribution in [3.63, 3.8) is 0 Å². The lowest BCUT2D eigenvalue weighted by atomic mass is 9.90. The summed E-state index contributed by atoms with van der Waals surface area (Å²) in [6, 6.07) is 8.11. The van der Waals surface area contributed by atoms with Gasteiger partial charge in [-0.2, -0.15) is 9.57 Å². The van der Waals surface area contributed by atoms with Crippen LogP contribution in [0.15, 0.2) is 29.2 Å². The number of nitrogens with two attached hydrogens (primary N) is 1. The van der Waals surface area contributed by atoms with E-state index < -0.39 is 10.0 Å². The van der Waals surface area contributed by atoms with Gasteiger partial charge in [0, 0.05) is 19.1 Å². The lowest BCUT2D eigenvalue weighted by molar-refractivity contribution is 0.197. The van der Waals surface area contributed by atoms with Gasteiger partial charge < -0.3 is 5.73 Å². The predicted octanol–water partition coefficient (Wildman–Crippen LogP) is 1.70. The van der Waals surface area contributed by atoms with Crippen molar-refractivity contribution >= 4 is 10.0 Å². The van der Waals surface area contributed by atoms with Crippen LogP contribution in [0, 0.1) is 17.2 Å². The molecule has 0 amide bonds. The fourth-order valence-corrected chi connectivity index (χ4v) is 4.73. The van der Waals surface area contributed by atoms with Crippen LogP contribution in [-0.2, 0) is 10.0 Å². The van der Waals surface area contributed by atoms with Gasteiger partial charge in [0.05, 0.1) is 10.5 Å². The van der Waals surface area contributed by atoms with E-state index in [9.17, 15) is 8.42 Å². The minimum Gasteiger partial charge on any atom is -0.329 e. The Morgan fingerprint density at radius 3 is 2.76 bits per heavy atom. The first-order valence-corrected chi connectivity index (χ1v) is 8.69. The van der Waals surface area contributed by atoms with Crippen molar-refractivity contribution in [3.8, 4) is 6.07 Å². The number of piperidine rings is 1. The quantitative estimate of drug-likeness (QED) is 0.917. The van der Waals surface area contributed by atoms with Gasteiger partial charge in [0.1, 0.15) is 6.07 Å². The molecule has 0 radical (unpaired) electrons. The van der Waals surface area contributed by atoms with Crippen molar-refractivity contribution < 1.29 is 8.42 Å². The van der Waals surface area contributed by atoms with E-state index in [0.717, 1.165) is 19.3 Å². The Balaban J connectivity index is 2.37. The van der Waals surface area contributed by atoms with Crippen LogP contribution in [0.5, 0.6) is 0 Å². The molecule has 1 aliphatic heterocycles. The maximum Gasteiger partial charge on any atom is 0.244 e. The van der Waals surface area contributed by atoms with E-state index in [-0.39, 0.29) is 16.5 Å². The highest BCUT2D eigenvalue weighted by molar-refractivity contribution is 7.89. The summed E-state index contributed by atoms with van der Waals surface area (Å²) in [6.45, 7) is 2.90. The third-order valence-corrected chi connectivity index (χ3v) is 6.22. The van der Waals surface area contributed by atoms with Crippen LogP contribution in [0.1, 0.15) is 31.7 Å². The SMILES string of the molecule is CCC1CCN(S(=O)(=O)c2ccccc2C#N)C(CN)C1. The van der Waals surface area contributed by atoms with Crippen LogP contribution in [0.2, 0.25) is 0 Å². The maximum absolute atomic E-state index is 12.9. The molecule has 0 aromatic heterocycles. The largest absolute Gasteiger partial charge is 0.329 e.